The molecular weight excluding hydrogens is 368 g/mol. The number of benzene rings is 3. The number of carbonyl (C=O) groups excluding carboxylic acids is 2. The number of ether oxygens (including phenoxy) is 2. The molecule has 0 aliphatic heterocycles. The molecule has 29 heavy (non-hydrogen) atoms. The summed E-state index contributed by atoms with van der Waals surface area (Å²) in [5.41, 5.74) is 8.91. The molecule has 3 aromatic rings. The first kappa shape index (κ1) is 19.9. The highest BCUT2D eigenvalue weighted by Gasteiger charge is 2.17. The van der Waals surface area contributed by atoms with Crippen molar-refractivity contribution in [1.29, 1.82) is 0 Å². The first-order valence-electron chi connectivity index (χ1n) is 9.02. The maximum atomic E-state index is 12.5. The number of anilines is 1. The van der Waals surface area contributed by atoms with E-state index in [-0.39, 0.29) is 23.6 Å². The zero-order chi connectivity index (χ0) is 20.8. The van der Waals surface area contributed by atoms with Crippen LogP contribution in [0.4, 0.5) is 5.69 Å². The van der Waals surface area contributed by atoms with E-state index in [0.717, 1.165) is 16.7 Å². The second-order valence-electron chi connectivity index (χ2n) is 6.40. The summed E-state index contributed by atoms with van der Waals surface area (Å²) in [5.74, 6) is -0.198. The Morgan fingerprint density at radius 3 is 2.03 bits per heavy atom. The highest BCUT2D eigenvalue weighted by atomic mass is 16.5. The van der Waals surface area contributed by atoms with Gasteiger partial charge in [0.15, 0.2) is 11.5 Å². The van der Waals surface area contributed by atoms with Gasteiger partial charge in [0, 0.05) is 6.07 Å². The molecular formula is C23H22N2O4. The largest absolute Gasteiger partial charge is 0.493 e. The first-order valence-corrected chi connectivity index (χ1v) is 9.02. The average Bonchev–Trinajstić information content (AvgIpc) is 2.74. The maximum absolute atomic E-state index is 12.5. The smallest absolute Gasteiger partial charge is 0.250 e. The van der Waals surface area contributed by atoms with Crippen LogP contribution in [0.2, 0.25) is 0 Å². The van der Waals surface area contributed by atoms with Crippen LogP contribution in [0.15, 0.2) is 66.7 Å². The van der Waals surface area contributed by atoms with Gasteiger partial charge >= 0.3 is 0 Å². The number of amides is 2. The van der Waals surface area contributed by atoms with Crippen molar-refractivity contribution in [3.63, 3.8) is 0 Å². The second kappa shape index (κ2) is 8.93. The van der Waals surface area contributed by atoms with Gasteiger partial charge in [0.25, 0.3) is 5.91 Å². The number of nitrogens with two attached hydrogens (primary N) is 1. The van der Waals surface area contributed by atoms with Gasteiger partial charge in [0.05, 0.1) is 31.9 Å². The van der Waals surface area contributed by atoms with Gasteiger partial charge in [-0.05, 0) is 22.8 Å². The van der Waals surface area contributed by atoms with Crippen molar-refractivity contribution in [2.45, 2.75) is 6.42 Å². The van der Waals surface area contributed by atoms with E-state index >= 15 is 0 Å². The summed E-state index contributed by atoms with van der Waals surface area (Å²) < 4.78 is 10.4. The fourth-order valence-corrected chi connectivity index (χ4v) is 3.01. The highest BCUT2D eigenvalue weighted by Crippen LogP contribution is 2.33. The SMILES string of the molecule is COc1cc(NC(=O)Cc2ccc(-c3ccccc3)cc2)c(C(N)=O)cc1OC. The lowest BCUT2D eigenvalue weighted by molar-refractivity contribution is -0.115. The van der Waals surface area contributed by atoms with Gasteiger partial charge in [-0.1, -0.05) is 54.6 Å². The van der Waals surface area contributed by atoms with Crippen LogP contribution in [0, 0.1) is 0 Å². The molecule has 3 N–H and O–H groups in total. The van der Waals surface area contributed by atoms with Gasteiger partial charge in [0.2, 0.25) is 5.91 Å². The predicted molar refractivity (Wildman–Crippen MR) is 112 cm³/mol. The van der Waals surface area contributed by atoms with Crippen molar-refractivity contribution < 1.29 is 19.1 Å². The number of primary amides is 1. The number of carbonyl (C=O) groups is 2. The zero-order valence-corrected chi connectivity index (χ0v) is 16.3. The molecule has 0 saturated heterocycles. The van der Waals surface area contributed by atoms with Crippen molar-refractivity contribution in [3.8, 4) is 22.6 Å². The summed E-state index contributed by atoms with van der Waals surface area (Å²) in [7, 11) is 2.93. The van der Waals surface area contributed by atoms with Gasteiger partial charge < -0.3 is 20.5 Å². The van der Waals surface area contributed by atoms with Crippen molar-refractivity contribution in [2.24, 2.45) is 5.73 Å². The van der Waals surface area contributed by atoms with E-state index in [2.05, 4.69) is 5.32 Å². The van der Waals surface area contributed by atoms with Gasteiger partial charge in [-0.15, -0.1) is 0 Å². The molecule has 3 aromatic carbocycles. The fourth-order valence-electron chi connectivity index (χ4n) is 3.01. The summed E-state index contributed by atoms with van der Waals surface area (Å²) in [6, 6.07) is 20.7. The Morgan fingerprint density at radius 1 is 0.862 bits per heavy atom. The molecule has 6 heteroatoms. The van der Waals surface area contributed by atoms with Crippen molar-refractivity contribution >= 4 is 17.5 Å². The molecule has 3 rings (SSSR count). The molecule has 0 spiro atoms. The number of hydrogen-bond donors (Lipinski definition) is 2. The molecule has 0 radical (unpaired) electrons. The third kappa shape index (κ3) is 4.73. The van der Waals surface area contributed by atoms with E-state index in [0.29, 0.717) is 11.5 Å². The molecule has 0 aliphatic rings. The van der Waals surface area contributed by atoms with Gasteiger partial charge in [-0.3, -0.25) is 9.59 Å². The quantitative estimate of drug-likeness (QED) is 0.644. The third-order valence-corrected chi connectivity index (χ3v) is 4.49. The van der Waals surface area contributed by atoms with Crippen LogP contribution in [-0.2, 0) is 11.2 Å². The lowest BCUT2D eigenvalue weighted by Crippen LogP contribution is -2.19. The van der Waals surface area contributed by atoms with Crippen LogP contribution in [0.5, 0.6) is 11.5 Å². The molecule has 0 saturated carbocycles. The van der Waals surface area contributed by atoms with Crippen LogP contribution in [0.1, 0.15) is 15.9 Å². The molecule has 6 nitrogen and oxygen atoms in total. The average molecular weight is 390 g/mol. The van der Waals surface area contributed by atoms with Gasteiger partial charge in [-0.25, -0.2) is 0 Å². The molecule has 0 bridgehead atoms. The molecule has 0 aromatic heterocycles. The standard InChI is InChI=1S/C23H22N2O4/c1-28-20-13-18(23(24)27)19(14-21(20)29-2)25-22(26)12-15-8-10-17(11-9-15)16-6-4-3-5-7-16/h3-11,13-14H,12H2,1-2H3,(H2,24,27)(H,25,26). The zero-order valence-electron chi connectivity index (χ0n) is 16.3. The van der Waals surface area contributed by atoms with Crippen molar-refractivity contribution in [3.05, 3.63) is 77.9 Å². The second-order valence-corrected chi connectivity index (χ2v) is 6.40. The molecule has 0 aliphatic carbocycles. The number of hydrogen-bond acceptors (Lipinski definition) is 4. The summed E-state index contributed by atoms with van der Waals surface area (Å²) in [5, 5.41) is 2.74. The third-order valence-electron chi connectivity index (χ3n) is 4.49. The minimum atomic E-state index is -0.673. The van der Waals surface area contributed by atoms with Gasteiger partial charge in [0.1, 0.15) is 0 Å². The van der Waals surface area contributed by atoms with E-state index in [1.54, 1.807) is 0 Å². The Labute approximate surface area is 169 Å². The Hall–Kier alpha value is -3.80. The molecule has 0 unspecified atom stereocenters. The molecule has 2 amide bonds. The molecule has 148 valence electrons. The van der Waals surface area contributed by atoms with E-state index in [1.165, 1.54) is 26.4 Å². The minimum Gasteiger partial charge on any atom is -0.493 e. The van der Waals surface area contributed by atoms with Crippen LogP contribution in [-0.4, -0.2) is 26.0 Å². The Kier molecular flexibility index (Phi) is 6.14. The minimum absolute atomic E-state index is 0.149. The molecule has 0 fully saturated rings. The van der Waals surface area contributed by atoms with Crippen LogP contribution in [0.25, 0.3) is 11.1 Å². The summed E-state index contributed by atoms with van der Waals surface area (Å²) in [6.07, 6.45) is 0.154. The summed E-state index contributed by atoms with van der Waals surface area (Å²) in [4.78, 5) is 24.3. The maximum Gasteiger partial charge on any atom is 0.250 e. The Morgan fingerprint density at radius 2 is 1.45 bits per heavy atom. The Balaban J connectivity index is 1.76. The van der Waals surface area contributed by atoms with E-state index in [1.807, 2.05) is 54.6 Å². The lowest BCUT2D eigenvalue weighted by Gasteiger charge is -2.14. The Bertz CT molecular complexity index is 1020. The molecule has 0 atom stereocenters. The monoisotopic (exact) mass is 390 g/mol. The van der Waals surface area contributed by atoms with E-state index in [4.69, 9.17) is 15.2 Å². The summed E-state index contributed by atoms with van der Waals surface area (Å²) in [6.45, 7) is 0. The van der Waals surface area contributed by atoms with Gasteiger partial charge in [-0.2, -0.15) is 0 Å². The normalized spacial score (nSPS) is 10.3. The molecule has 0 heterocycles. The number of methoxy groups -OCH3 is 2. The topological polar surface area (TPSA) is 90.6 Å². The van der Waals surface area contributed by atoms with E-state index in [9.17, 15) is 9.59 Å². The first-order chi connectivity index (χ1) is 14.0. The lowest BCUT2D eigenvalue weighted by atomic mass is 10.0. The number of rotatable bonds is 7. The van der Waals surface area contributed by atoms with Crippen molar-refractivity contribution in [2.75, 3.05) is 19.5 Å². The highest BCUT2D eigenvalue weighted by molar-refractivity contribution is 6.04. The van der Waals surface area contributed by atoms with Crippen LogP contribution >= 0.6 is 0 Å². The van der Waals surface area contributed by atoms with Crippen LogP contribution in [0.3, 0.4) is 0 Å². The van der Waals surface area contributed by atoms with E-state index < -0.39 is 5.91 Å². The fraction of sp³-hybridized carbons (Fsp3) is 0.130. The van der Waals surface area contributed by atoms with Crippen LogP contribution < -0.4 is 20.5 Å². The predicted octanol–water partition coefficient (Wildman–Crippen LogP) is 3.65. The van der Waals surface area contributed by atoms with Crippen molar-refractivity contribution in [1.82, 2.24) is 0 Å². The number of nitrogens with one attached hydrogen (secondary N) is 1. The summed E-state index contributed by atoms with van der Waals surface area (Å²) >= 11 is 0.